The smallest absolute Gasteiger partial charge is 0.767 e. The average Bonchev–Trinajstić information content (AvgIpc) is 1.88. The van der Waals surface area contributed by atoms with Crippen LogP contribution in [0.25, 0.3) is 0 Å². The van der Waals surface area contributed by atoms with E-state index in [1.165, 1.54) is 12.3 Å². The molecule has 0 amide bonds. The second kappa shape index (κ2) is 5.24. The fourth-order valence-electron chi connectivity index (χ4n) is 0.494. The van der Waals surface area contributed by atoms with Gasteiger partial charge in [0, 0.05) is 6.20 Å². The van der Waals surface area contributed by atoms with Crippen LogP contribution in [0, 0.1) is 0 Å². The molecule has 0 saturated carbocycles. The minimum absolute atomic E-state index is 0. The van der Waals surface area contributed by atoms with Crippen LogP contribution in [0.3, 0.4) is 0 Å². The molecule has 6 heteroatoms. The van der Waals surface area contributed by atoms with Gasteiger partial charge in [0.25, 0.3) is 0 Å². The van der Waals surface area contributed by atoms with E-state index >= 15 is 0 Å². The van der Waals surface area contributed by atoms with Gasteiger partial charge in [0.05, 0.1) is 5.02 Å². The van der Waals surface area contributed by atoms with E-state index < -0.39 is 11.1 Å². The van der Waals surface area contributed by atoms with Crippen LogP contribution >= 0.6 is 11.6 Å². The third kappa shape index (κ3) is 3.19. The molecule has 1 aromatic rings. The van der Waals surface area contributed by atoms with Gasteiger partial charge in [-0.25, -0.2) is 4.98 Å². The summed E-state index contributed by atoms with van der Waals surface area (Å²) in [5.41, 5.74) is 0. The Morgan fingerprint density at radius 1 is 1.64 bits per heavy atom. The molecule has 0 saturated heterocycles. The van der Waals surface area contributed by atoms with E-state index in [9.17, 15) is 8.76 Å². The molecule has 1 atom stereocenters. The summed E-state index contributed by atoms with van der Waals surface area (Å²) in [6.07, 6.45) is 1.37. The van der Waals surface area contributed by atoms with Crippen molar-refractivity contribution in [2.24, 2.45) is 0 Å². The van der Waals surface area contributed by atoms with Crippen molar-refractivity contribution in [1.82, 2.24) is 4.98 Å². The zero-order valence-electron chi connectivity index (χ0n) is 5.78. The van der Waals surface area contributed by atoms with Crippen molar-refractivity contribution in [2.45, 2.75) is 5.03 Å². The number of nitrogens with zero attached hydrogens (tertiary/aromatic N) is 1. The molecule has 0 aliphatic heterocycles. The summed E-state index contributed by atoms with van der Waals surface area (Å²) in [6.45, 7) is 0. The van der Waals surface area contributed by atoms with Gasteiger partial charge in [-0.05, 0) is 23.2 Å². The Hall–Kier alpha value is 0.550. The van der Waals surface area contributed by atoms with Crippen LogP contribution in [0.5, 0.6) is 0 Å². The van der Waals surface area contributed by atoms with E-state index in [0.29, 0.717) is 0 Å². The number of aromatic nitrogens is 1. The SMILES string of the molecule is O=S([O-])c1ncccc1Cl.[Na+]. The van der Waals surface area contributed by atoms with Gasteiger partial charge >= 0.3 is 29.6 Å². The molecule has 1 heterocycles. The molecule has 0 aliphatic rings. The van der Waals surface area contributed by atoms with Gasteiger partial charge in [-0.15, -0.1) is 0 Å². The van der Waals surface area contributed by atoms with Gasteiger partial charge in [0.1, 0.15) is 5.03 Å². The normalized spacial score (nSPS) is 11.8. The van der Waals surface area contributed by atoms with Gasteiger partial charge in [-0.2, -0.15) is 0 Å². The van der Waals surface area contributed by atoms with Crippen LogP contribution in [0.15, 0.2) is 23.4 Å². The minimum atomic E-state index is -2.33. The van der Waals surface area contributed by atoms with Crippen LogP contribution in [-0.2, 0) is 11.1 Å². The maximum absolute atomic E-state index is 10.3. The van der Waals surface area contributed by atoms with Crippen molar-refractivity contribution < 1.29 is 38.3 Å². The van der Waals surface area contributed by atoms with Crippen LogP contribution in [-0.4, -0.2) is 13.7 Å². The molecule has 0 N–H and O–H groups in total. The third-order valence-electron chi connectivity index (χ3n) is 0.883. The Morgan fingerprint density at radius 2 is 2.27 bits per heavy atom. The van der Waals surface area contributed by atoms with Gasteiger partial charge in [0.15, 0.2) is 0 Å². The predicted octanol–water partition coefficient (Wildman–Crippen LogP) is -2.02. The maximum Gasteiger partial charge on any atom is 1.00 e. The first-order valence-corrected chi connectivity index (χ1v) is 3.87. The van der Waals surface area contributed by atoms with Gasteiger partial charge < -0.3 is 4.55 Å². The summed E-state index contributed by atoms with van der Waals surface area (Å²) < 4.78 is 20.5. The third-order valence-corrected chi connectivity index (χ3v) is 1.94. The molecule has 0 aromatic carbocycles. The predicted molar refractivity (Wildman–Crippen MR) is 36.4 cm³/mol. The van der Waals surface area contributed by atoms with Crippen LogP contribution in [0.1, 0.15) is 0 Å². The van der Waals surface area contributed by atoms with Crippen molar-refractivity contribution in [3.05, 3.63) is 23.4 Å². The molecule has 1 unspecified atom stereocenters. The number of halogens is 1. The Balaban J connectivity index is 0.000001000. The van der Waals surface area contributed by atoms with Crippen LogP contribution in [0.2, 0.25) is 5.02 Å². The first kappa shape index (κ1) is 11.6. The maximum atomic E-state index is 10.3. The largest absolute Gasteiger partial charge is 1.00 e. The van der Waals surface area contributed by atoms with Gasteiger partial charge in [-0.1, -0.05) is 11.6 Å². The number of hydrogen-bond acceptors (Lipinski definition) is 3. The average molecular weight is 200 g/mol. The zero-order chi connectivity index (χ0) is 7.56. The standard InChI is InChI=1S/C5H4ClNO2S.Na/c6-4-2-1-3-7-5(4)10(8)9;/h1-3H,(H,8,9);/q;+1/p-1. The summed E-state index contributed by atoms with van der Waals surface area (Å²) in [5, 5.41) is 0.0417. The summed E-state index contributed by atoms with van der Waals surface area (Å²) >= 11 is 3.13. The van der Waals surface area contributed by atoms with E-state index in [0.717, 1.165) is 0 Å². The topological polar surface area (TPSA) is 53.0 Å². The summed E-state index contributed by atoms with van der Waals surface area (Å²) in [4.78, 5) is 3.53. The molecular formula is C5H3ClNNaO2S. The Labute approximate surface area is 93.7 Å². The minimum Gasteiger partial charge on any atom is -0.767 e. The molecule has 0 spiro atoms. The van der Waals surface area contributed by atoms with E-state index in [1.807, 2.05) is 0 Å². The van der Waals surface area contributed by atoms with Crippen LogP contribution in [0.4, 0.5) is 0 Å². The zero-order valence-corrected chi connectivity index (χ0v) is 9.35. The Bertz CT molecular complexity index is 270. The quantitative estimate of drug-likeness (QED) is 0.388. The number of pyridine rings is 1. The number of rotatable bonds is 1. The van der Waals surface area contributed by atoms with Crippen molar-refractivity contribution in [3.8, 4) is 0 Å². The molecule has 11 heavy (non-hydrogen) atoms. The molecule has 1 aromatic heterocycles. The van der Waals surface area contributed by atoms with E-state index in [-0.39, 0.29) is 39.6 Å². The molecule has 0 fully saturated rings. The molecule has 1 rings (SSSR count). The summed E-state index contributed by atoms with van der Waals surface area (Å²) in [6, 6.07) is 3.04. The van der Waals surface area contributed by atoms with Gasteiger partial charge in [0.2, 0.25) is 0 Å². The molecule has 0 bridgehead atoms. The van der Waals surface area contributed by atoms with E-state index in [4.69, 9.17) is 11.6 Å². The Kier molecular flexibility index (Phi) is 5.50. The van der Waals surface area contributed by atoms with Crippen molar-refractivity contribution in [2.75, 3.05) is 0 Å². The summed E-state index contributed by atoms with van der Waals surface area (Å²) in [7, 11) is 0. The molecular weight excluding hydrogens is 197 g/mol. The van der Waals surface area contributed by atoms with Crippen molar-refractivity contribution in [3.63, 3.8) is 0 Å². The molecule has 0 aliphatic carbocycles. The monoisotopic (exact) mass is 199 g/mol. The molecule has 54 valence electrons. The Morgan fingerprint density at radius 3 is 2.64 bits per heavy atom. The summed E-state index contributed by atoms with van der Waals surface area (Å²) in [5.74, 6) is 0. The molecule has 0 radical (unpaired) electrons. The van der Waals surface area contributed by atoms with Crippen LogP contribution < -0.4 is 29.6 Å². The fourth-order valence-corrected chi connectivity index (χ4v) is 1.18. The van der Waals surface area contributed by atoms with E-state index in [2.05, 4.69) is 4.98 Å². The fraction of sp³-hybridized carbons (Fsp3) is 0. The van der Waals surface area contributed by atoms with E-state index in [1.54, 1.807) is 6.07 Å². The first-order chi connectivity index (χ1) is 4.72. The first-order valence-electron chi connectivity index (χ1n) is 2.41. The van der Waals surface area contributed by atoms with Gasteiger partial charge in [-0.3, -0.25) is 4.21 Å². The second-order valence-electron chi connectivity index (χ2n) is 1.53. The molecule has 3 nitrogen and oxygen atoms in total. The van der Waals surface area contributed by atoms with Crippen molar-refractivity contribution >= 4 is 22.7 Å². The number of hydrogen-bond donors (Lipinski definition) is 0. The van der Waals surface area contributed by atoms with Crippen molar-refractivity contribution in [1.29, 1.82) is 0 Å². The second-order valence-corrected chi connectivity index (χ2v) is 2.79.